The second kappa shape index (κ2) is 11.5. The van der Waals surface area contributed by atoms with Gasteiger partial charge in [-0.15, -0.1) is 0 Å². The number of pyridine rings is 2. The highest BCUT2D eigenvalue weighted by molar-refractivity contribution is 5.74. The summed E-state index contributed by atoms with van der Waals surface area (Å²) < 4.78 is 0. The molecular formula is C23H33N5O. The van der Waals surface area contributed by atoms with Crippen molar-refractivity contribution in [2.75, 3.05) is 32.7 Å². The van der Waals surface area contributed by atoms with Gasteiger partial charge in [0.2, 0.25) is 0 Å². The Morgan fingerprint density at radius 3 is 2.10 bits per heavy atom. The summed E-state index contributed by atoms with van der Waals surface area (Å²) in [6.45, 7) is 6.04. The van der Waals surface area contributed by atoms with Crippen molar-refractivity contribution in [1.82, 2.24) is 25.1 Å². The molecule has 0 saturated carbocycles. The van der Waals surface area contributed by atoms with E-state index < -0.39 is 0 Å². The van der Waals surface area contributed by atoms with Crippen LogP contribution in [0.4, 0.5) is 4.79 Å². The maximum Gasteiger partial charge on any atom is 0.317 e. The first-order valence-corrected chi connectivity index (χ1v) is 10.9. The Kier molecular flexibility index (Phi) is 8.43. The lowest BCUT2D eigenvalue weighted by Gasteiger charge is -2.38. The highest BCUT2D eigenvalue weighted by Gasteiger charge is 2.29. The van der Waals surface area contributed by atoms with Gasteiger partial charge in [0.15, 0.2) is 0 Å². The smallest absolute Gasteiger partial charge is 0.317 e. The molecule has 1 saturated heterocycles. The second-order valence-electron chi connectivity index (χ2n) is 7.58. The Labute approximate surface area is 174 Å². The van der Waals surface area contributed by atoms with Gasteiger partial charge in [-0.1, -0.05) is 44.7 Å². The molecule has 6 heteroatoms. The third kappa shape index (κ3) is 6.26. The van der Waals surface area contributed by atoms with Crippen LogP contribution in [0.1, 0.15) is 56.5 Å². The molecule has 156 valence electrons. The van der Waals surface area contributed by atoms with E-state index in [9.17, 15) is 4.79 Å². The third-order valence-corrected chi connectivity index (χ3v) is 5.46. The molecule has 1 N–H and O–H groups in total. The number of hydrogen-bond donors (Lipinski definition) is 1. The summed E-state index contributed by atoms with van der Waals surface area (Å²) in [5.74, 6) is 0. The molecular weight excluding hydrogens is 362 g/mol. The minimum Gasteiger partial charge on any atom is -0.338 e. The third-order valence-electron chi connectivity index (χ3n) is 5.46. The molecule has 0 aliphatic carbocycles. The summed E-state index contributed by atoms with van der Waals surface area (Å²) in [7, 11) is 0. The van der Waals surface area contributed by atoms with Crippen LogP contribution < -0.4 is 5.32 Å². The minimum absolute atomic E-state index is 0.0150. The molecule has 0 unspecified atom stereocenters. The predicted octanol–water partition coefficient (Wildman–Crippen LogP) is 3.86. The van der Waals surface area contributed by atoms with Gasteiger partial charge in [0.05, 0.1) is 17.4 Å². The first kappa shape index (κ1) is 21.2. The van der Waals surface area contributed by atoms with Crippen molar-refractivity contribution >= 4 is 6.03 Å². The number of nitrogens with one attached hydrogen (secondary N) is 1. The van der Waals surface area contributed by atoms with Crippen molar-refractivity contribution in [3.05, 3.63) is 60.2 Å². The molecule has 1 fully saturated rings. The standard InChI is InChI=1S/C23H33N5O/c1-2-3-4-5-8-15-26-23(29)28-18-16-27(17-19-28)22(20-11-6-9-13-24-20)21-12-7-10-14-25-21/h6-7,9-14,22H,2-5,8,15-19H2,1H3,(H,26,29). The Morgan fingerprint density at radius 1 is 0.931 bits per heavy atom. The lowest BCUT2D eigenvalue weighted by atomic mass is 10.1. The monoisotopic (exact) mass is 395 g/mol. The van der Waals surface area contributed by atoms with E-state index in [-0.39, 0.29) is 12.1 Å². The Bertz CT molecular complexity index is 677. The van der Waals surface area contributed by atoms with Crippen LogP contribution in [0.25, 0.3) is 0 Å². The van der Waals surface area contributed by atoms with Gasteiger partial charge in [0.1, 0.15) is 0 Å². The molecule has 1 aliphatic heterocycles. The first-order valence-electron chi connectivity index (χ1n) is 10.9. The van der Waals surface area contributed by atoms with Gasteiger partial charge < -0.3 is 10.2 Å². The molecule has 1 aliphatic rings. The summed E-state index contributed by atoms with van der Waals surface area (Å²) in [4.78, 5) is 25.9. The molecule has 2 aromatic heterocycles. The maximum atomic E-state index is 12.5. The molecule has 3 rings (SSSR count). The topological polar surface area (TPSA) is 61.4 Å². The lowest BCUT2D eigenvalue weighted by Crippen LogP contribution is -2.52. The summed E-state index contributed by atoms with van der Waals surface area (Å²) >= 11 is 0. The minimum atomic E-state index is 0.0150. The molecule has 0 bridgehead atoms. The van der Waals surface area contributed by atoms with Crippen LogP contribution in [0.15, 0.2) is 48.8 Å². The molecule has 2 amide bonds. The summed E-state index contributed by atoms with van der Waals surface area (Å²) in [5.41, 5.74) is 1.99. The quantitative estimate of drug-likeness (QED) is 0.655. The van der Waals surface area contributed by atoms with Crippen molar-refractivity contribution in [3.8, 4) is 0 Å². The molecule has 0 atom stereocenters. The number of hydrogen-bond acceptors (Lipinski definition) is 4. The number of amides is 2. The van der Waals surface area contributed by atoms with E-state index in [1.165, 1.54) is 25.7 Å². The van der Waals surface area contributed by atoms with Crippen molar-refractivity contribution < 1.29 is 4.79 Å². The van der Waals surface area contributed by atoms with Crippen LogP contribution in [-0.4, -0.2) is 58.5 Å². The van der Waals surface area contributed by atoms with Crippen LogP contribution in [0, 0.1) is 0 Å². The van der Waals surface area contributed by atoms with Gasteiger partial charge >= 0.3 is 6.03 Å². The first-order chi connectivity index (χ1) is 14.3. The summed E-state index contributed by atoms with van der Waals surface area (Å²) in [5, 5.41) is 3.08. The van der Waals surface area contributed by atoms with Crippen LogP contribution in [0.3, 0.4) is 0 Å². The highest BCUT2D eigenvalue weighted by Crippen LogP contribution is 2.26. The number of aromatic nitrogens is 2. The van der Waals surface area contributed by atoms with Crippen molar-refractivity contribution in [1.29, 1.82) is 0 Å². The number of nitrogens with zero attached hydrogens (tertiary/aromatic N) is 4. The summed E-state index contributed by atoms with van der Waals surface area (Å²) in [6.07, 6.45) is 9.70. The highest BCUT2D eigenvalue weighted by atomic mass is 16.2. The van der Waals surface area contributed by atoms with Crippen molar-refractivity contribution in [2.45, 2.75) is 45.1 Å². The zero-order valence-corrected chi connectivity index (χ0v) is 17.5. The zero-order valence-electron chi connectivity index (χ0n) is 17.5. The van der Waals surface area contributed by atoms with Crippen LogP contribution in [0.5, 0.6) is 0 Å². The predicted molar refractivity (Wildman–Crippen MR) is 116 cm³/mol. The molecule has 29 heavy (non-hydrogen) atoms. The van der Waals surface area contributed by atoms with Gasteiger partial charge in [-0.3, -0.25) is 14.9 Å². The molecule has 3 heterocycles. The maximum absolute atomic E-state index is 12.5. The second-order valence-corrected chi connectivity index (χ2v) is 7.58. The molecule has 0 aromatic carbocycles. The Balaban J connectivity index is 1.53. The normalized spacial score (nSPS) is 14.9. The van der Waals surface area contributed by atoms with Crippen LogP contribution in [0.2, 0.25) is 0 Å². The van der Waals surface area contributed by atoms with E-state index in [0.29, 0.717) is 0 Å². The summed E-state index contributed by atoms with van der Waals surface area (Å²) in [6, 6.07) is 12.1. The average molecular weight is 396 g/mol. The number of piperazine rings is 1. The number of unbranched alkanes of at least 4 members (excludes halogenated alkanes) is 4. The van der Waals surface area contributed by atoms with E-state index in [1.54, 1.807) is 0 Å². The van der Waals surface area contributed by atoms with Gasteiger partial charge in [-0.25, -0.2) is 4.79 Å². The van der Waals surface area contributed by atoms with Crippen molar-refractivity contribution in [2.24, 2.45) is 0 Å². The zero-order chi connectivity index (χ0) is 20.3. The Hall–Kier alpha value is -2.47. The van der Waals surface area contributed by atoms with Gasteiger partial charge in [0, 0.05) is 45.1 Å². The lowest BCUT2D eigenvalue weighted by molar-refractivity contribution is 0.118. The van der Waals surface area contributed by atoms with Crippen LogP contribution >= 0.6 is 0 Å². The molecule has 6 nitrogen and oxygen atoms in total. The van der Waals surface area contributed by atoms with Gasteiger partial charge in [0.25, 0.3) is 0 Å². The molecule has 2 aromatic rings. The number of rotatable bonds is 9. The van der Waals surface area contributed by atoms with E-state index in [1.807, 2.05) is 41.6 Å². The number of urea groups is 1. The van der Waals surface area contributed by atoms with E-state index in [0.717, 1.165) is 50.5 Å². The van der Waals surface area contributed by atoms with E-state index in [4.69, 9.17) is 0 Å². The Morgan fingerprint density at radius 2 is 1.55 bits per heavy atom. The molecule has 0 radical (unpaired) electrons. The van der Waals surface area contributed by atoms with E-state index in [2.05, 4.69) is 39.2 Å². The largest absolute Gasteiger partial charge is 0.338 e. The SMILES string of the molecule is CCCCCCCNC(=O)N1CCN(C(c2ccccn2)c2ccccn2)CC1. The van der Waals surface area contributed by atoms with Gasteiger partial charge in [-0.2, -0.15) is 0 Å². The van der Waals surface area contributed by atoms with E-state index >= 15 is 0 Å². The fourth-order valence-corrected chi connectivity index (χ4v) is 3.82. The fraction of sp³-hybridized carbons (Fsp3) is 0.522. The fourth-order valence-electron chi connectivity index (χ4n) is 3.82. The van der Waals surface area contributed by atoms with Crippen LogP contribution in [-0.2, 0) is 0 Å². The number of carbonyl (C=O) groups is 1. The van der Waals surface area contributed by atoms with Gasteiger partial charge in [-0.05, 0) is 30.7 Å². The number of carbonyl (C=O) groups excluding carboxylic acids is 1. The molecule has 0 spiro atoms. The van der Waals surface area contributed by atoms with Crippen molar-refractivity contribution in [3.63, 3.8) is 0 Å². The average Bonchev–Trinajstić information content (AvgIpc) is 2.78.